The Bertz CT molecular complexity index is 781. The molecule has 1 fully saturated rings. The summed E-state index contributed by atoms with van der Waals surface area (Å²) in [5.74, 6) is 0.160. The number of benzene rings is 2. The molecule has 1 aliphatic heterocycles. The standard InChI is InChI=1S/C22H24BrNO2/c23-19-8-6-18(7-9-19)22(11-13-26-14-12-22)21(25)24-20-10-5-16-3-1-2-4-17(16)15-20/h1-4,6-9,20H,5,10-15H2,(H,24,25). The van der Waals surface area contributed by atoms with Gasteiger partial charge >= 0.3 is 0 Å². The van der Waals surface area contributed by atoms with Crippen molar-refractivity contribution in [2.24, 2.45) is 0 Å². The number of carbonyl (C=O) groups excluding carboxylic acids is 1. The van der Waals surface area contributed by atoms with Crippen LogP contribution in [-0.4, -0.2) is 25.2 Å². The molecule has 0 spiro atoms. The lowest BCUT2D eigenvalue weighted by Crippen LogP contribution is -2.52. The number of fused-ring (bicyclic) bond motifs is 1. The fraction of sp³-hybridized carbons (Fsp3) is 0.409. The van der Waals surface area contributed by atoms with E-state index in [0.29, 0.717) is 13.2 Å². The maximum absolute atomic E-state index is 13.4. The number of hydrogen-bond acceptors (Lipinski definition) is 2. The maximum Gasteiger partial charge on any atom is 0.231 e. The van der Waals surface area contributed by atoms with Gasteiger partial charge in [0.05, 0.1) is 5.41 Å². The molecule has 1 amide bonds. The van der Waals surface area contributed by atoms with Gasteiger partial charge in [-0.2, -0.15) is 0 Å². The lowest BCUT2D eigenvalue weighted by atomic mass is 9.73. The Hall–Kier alpha value is -1.65. The second kappa shape index (κ2) is 7.53. The predicted molar refractivity (Wildman–Crippen MR) is 106 cm³/mol. The van der Waals surface area contributed by atoms with Crippen LogP contribution in [0.15, 0.2) is 53.0 Å². The van der Waals surface area contributed by atoms with Crippen LogP contribution >= 0.6 is 15.9 Å². The molecule has 3 nitrogen and oxygen atoms in total. The first kappa shape index (κ1) is 17.7. The van der Waals surface area contributed by atoms with E-state index in [2.05, 4.69) is 57.6 Å². The Kier molecular flexibility index (Phi) is 5.14. The number of halogens is 1. The van der Waals surface area contributed by atoms with Gasteiger partial charge in [0.1, 0.15) is 0 Å². The molecule has 1 heterocycles. The van der Waals surface area contributed by atoms with Gasteiger partial charge in [0.2, 0.25) is 5.91 Å². The van der Waals surface area contributed by atoms with E-state index < -0.39 is 5.41 Å². The van der Waals surface area contributed by atoms with Crippen LogP contribution in [0.4, 0.5) is 0 Å². The Morgan fingerprint density at radius 1 is 1.04 bits per heavy atom. The average molecular weight is 414 g/mol. The largest absolute Gasteiger partial charge is 0.381 e. The third-order valence-corrected chi connectivity index (χ3v) is 6.39. The predicted octanol–water partition coefficient (Wildman–Crippen LogP) is 4.17. The Morgan fingerprint density at radius 2 is 1.73 bits per heavy atom. The summed E-state index contributed by atoms with van der Waals surface area (Å²) in [6.07, 6.45) is 4.45. The Balaban J connectivity index is 1.55. The molecular formula is C22H24BrNO2. The van der Waals surface area contributed by atoms with E-state index in [0.717, 1.165) is 42.1 Å². The van der Waals surface area contributed by atoms with Crippen molar-refractivity contribution >= 4 is 21.8 Å². The highest BCUT2D eigenvalue weighted by molar-refractivity contribution is 9.10. The molecular weight excluding hydrogens is 390 g/mol. The molecule has 2 aromatic rings. The van der Waals surface area contributed by atoms with Gasteiger partial charge in [-0.3, -0.25) is 4.79 Å². The summed E-state index contributed by atoms with van der Waals surface area (Å²) in [4.78, 5) is 13.4. The number of carbonyl (C=O) groups is 1. The summed E-state index contributed by atoms with van der Waals surface area (Å²) < 4.78 is 6.60. The Labute approximate surface area is 163 Å². The molecule has 4 heteroatoms. The fourth-order valence-electron chi connectivity index (χ4n) is 4.28. The summed E-state index contributed by atoms with van der Waals surface area (Å²) in [5.41, 5.74) is 3.41. The highest BCUT2D eigenvalue weighted by Crippen LogP contribution is 2.36. The van der Waals surface area contributed by atoms with E-state index in [4.69, 9.17) is 4.74 Å². The van der Waals surface area contributed by atoms with E-state index in [1.54, 1.807) is 0 Å². The van der Waals surface area contributed by atoms with Gasteiger partial charge < -0.3 is 10.1 Å². The van der Waals surface area contributed by atoms with Gasteiger partial charge in [0, 0.05) is 23.7 Å². The lowest BCUT2D eigenvalue weighted by molar-refractivity contribution is -0.131. The zero-order chi connectivity index (χ0) is 18.0. The average Bonchev–Trinajstić information content (AvgIpc) is 2.69. The molecule has 2 aromatic carbocycles. The van der Waals surface area contributed by atoms with Crippen LogP contribution in [0.25, 0.3) is 0 Å². The summed E-state index contributed by atoms with van der Waals surface area (Å²) in [7, 11) is 0. The van der Waals surface area contributed by atoms with Crippen LogP contribution in [-0.2, 0) is 27.8 Å². The molecule has 0 aromatic heterocycles. The van der Waals surface area contributed by atoms with Crippen LogP contribution in [0.2, 0.25) is 0 Å². The number of aryl methyl sites for hydroxylation is 1. The van der Waals surface area contributed by atoms with Crippen molar-refractivity contribution in [2.75, 3.05) is 13.2 Å². The molecule has 1 N–H and O–H groups in total. The van der Waals surface area contributed by atoms with Crippen LogP contribution < -0.4 is 5.32 Å². The third-order valence-electron chi connectivity index (χ3n) is 5.86. The number of ether oxygens (including phenoxy) is 1. The second-order valence-electron chi connectivity index (χ2n) is 7.38. The monoisotopic (exact) mass is 413 g/mol. The molecule has 1 saturated heterocycles. The molecule has 0 bridgehead atoms. The van der Waals surface area contributed by atoms with Crippen molar-refractivity contribution in [2.45, 2.75) is 43.6 Å². The van der Waals surface area contributed by atoms with Gasteiger partial charge in [0.15, 0.2) is 0 Å². The van der Waals surface area contributed by atoms with Crippen molar-refractivity contribution in [1.82, 2.24) is 5.32 Å². The number of nitrogens with one attached hydrogen (secondary N) is 1. The minimum Gasteiger partial charge on any atom is -0.381 e. The molecule has 2 aliphatic rings. The van der Waals surface area contributed by atoms with E-state index in [1.165, 1.54) is 11.1 Å². The van der Waals surface area contributed by atoms with Gasteiger partial charge in [-0.1, -0.05) is 52.3 Å². The zero-order valence-corrected chi connectivity index (χ0v) is 16.4. The first-order valence-electron chi connectivity index (χ1n) is 9.39. The highest BCUT2D eigenvalue weighted by atomic mass is 79.9. The summed E-state index contributed by atoms with van der Waals surface area (Å²) in [5, 5.41) is 3.38. The molecule has 1 unspecified atom stereocenters. The van der Waals surface area contributed by atoms with Gasteiger partial charge in [-0.15, -0.1) is 0 Å². The van der Waals surface area contributed by atoms with Crippen molar-refractivity contribution in [1.29, 1.82) is 0 Å². The maximum atomic E-state index is 13.4. The molecule has 0 radical (unpaired) electrons. The number of rotatable bonds is 3. The van der Waals surface area contributed by atoms with Crippen molar-refractivity contribution in [3.63, 3.8) is 0 Å². The third kappa shape index (κ3) is 3.45. The number of hydrogen-bond donors (Lipinski definition) is 1. The van der Waals surface area contributed by atoms with E-state index in [1.807, 2.05) is 12.1 Å². The highest BCUT2D eigenvalue weighted by Gasteiger charge is 2.42. The summed E-state index contributed by atoms with van der Waals surface area (Å²) in [6, 6.07) is 17.0. The minimum atomic E-state index is -0.476. The second-order valence-corrected chi connectivity index (χ2v) is 8.30. The fourth-order valence-corrected chi connectivity index (χ4v) is 4.54. The van der Waals surface area contributed by atoms with Crippen LogP contribution in [0.1, 0.15) is 36.0 Å². The van der Waals surface area contributed by atoms with Gasteiger partial charge in [-0.05, 0) is 60.9 Å². The molecule has 1 atom stereocenters. The topological polar surface area (TPSA) is 38.3 Å². The molecule has 1 aliphatic carbocycles. The van der Waals surface area contributed by atoms with Crippen LogP contribution in [0.5, 0.6) is 0 Å². The van der Waals surface area contributed by atoms with E-state index >= 15 is 0 Å². The molecule has 26 heavy (non-hydrogen) atoms. The van der Waals surface area contributed by atoms with Crippen molar-refractivity contribution in [3.05, 3.63) is 69.7 Å². The van der Waals surface area contributed by atoms with Crippen LogP contribution in [0, 0.1) is 0 Å². The van der Waals surface area contributed by atoms with Crippen LogP contribution in [0.3, 0.4) is 0 Å². The lowest BCUT2D eigenvalue weighted by Gasteiger charge is -2.38. The van der Waals surface area contributed by atoms with Crippen molar-refractivity contribution < 1.29 is 9.53 Å². The molecule has 4 rings (SSSR count). The Morgan fingerprint density at radius 3 is 2.46 bits per heavy atom. The first-order chi connectivity index (χ1) is 12.7. The smallest absolute Gasteiger partial charge is 0.231 e. The minimum absolute atomic E-state index is 0.160. The molecule has 136 valence electrons. The summed E-state index contributed by atoms with van der Waals surface area (Å²) in [6.45, 7) is 1.27. The molecule has 0 saturated carbocycles. The van der Waals surface area contributed by atoms with Crippen molar-refractivity contribution in [3.8, 4) is 0 Å². The first-order valence-corrected chi connectivity index (χ1v) is 10.2. The van der Waals surface area contributed by atoms with E-state index in [9.17, 15) is 4.79 Å². The quantitative estimate of drug-likeness (QED) is 0.819. The SMILES string of the molecule is O=C(NC1CCc2ccccc2C1)C1(c2ccc(Br)cc2)CCOCC1. The van der Waals surface area contributed by atoms with E-state index in [-0.39, 0.29) is 11.9 Å². The number of amides is 1. The van der Waals surface area contributed by atoms with Gasteiger partial charge in [-0.25, -0.2) is 0 Å². The zero-order valence-electron chi connectivity index (χ0n) is 14.8. The van der Waals surface area contributed by atoms with Gasteiger partial charge in [0.25, 0.3) is 0 Å². The normalized spacial score (nSPS) is 21.7. The summed E-state index contributed by atoms with van der Waals surface area (Å²) >= 11 is 3.49.